The fraction of sp³-hybridized carbons (Fsp3) is 0.179. The zero-order valence-electron chi connectivity index (χ0n) is 20.1. The Kier molecular flexibility index (Phi) is 6.78. The summed E-state index contributed by atoms with van der Waals surface area (Å²) in [5.41, 5.74) is 10.8. The number of amidine groups is 1. The van der Waals surface area contributed by atoms with E-state index >= 15 is 0 Å². The number of benzene rings is 3. The van der Waals surface area contributed by atoms with E-state index in [1.165, 1.54) is 7.11 Å². The highest BCUT2D eigenvalue weighted by Gasteiger charge is 2.36. The summed E-state index contributed by atoms with van der Waals surface area (Å²) in [6, 6.07) is 21.3. The van der Waals surface area contributed by atoms with Gasteiger partial charge in [0.15, 0.2) is 11.6 Å². The minimum absolute atomic E-state index is 0.229. The number of ether oxygens (including phenoxy) is 2. The number of nitrogens with zero attached hydrogens (tertiary/aromatic N) is 3. The molecule has 0 saturated heterocycles. The molecular weight excluding hydrogens is 443 g/mol. The molecule has 0 aliphatic carbocycles. The number of rotatable bonds is 4. The van der Waals surface area contributed by atoms with Crippen LogP contribution in [0.3, 0.4) is 0 Å². The molecule has 1 atom stereocenters. The normalized spacial score (nSPS) is 16.0. The van der Waals surface area contributed by atoms with Gasteiger partial charge in [0, 0.05) is 23.5 Å². The molecule has 4 aromatic rings. The number of aromatic nitrogens is 2. The molecule has 5 rings (SSSR count). The van der Waals surface area contributed by atoms with E-state index in [9.17, 15) is 4.39 Å². The van der Waals surface area contributed by atoms with Crippen molar-refractivity contribution in [3.63, 3.8) is 0 Å². The van der Waals surface area contributed by atoms with Crippen LogP contribution in [0, 0.1) is 12.7 Å². The fourth-order valence-corrected chi connectivity index (χ4v) is 4.08. The maximum atomic E-state index is 14.7. The van der Waals surface area contributed by atoms with Crippen LogP contribution in [-0.2, 0) is 5.54 Å². The van der Waals surface area contributed by atoms with Gasteiger partial charge in [-0.2, -0.15) is 0 Å². The van der Waals surface area contributed by atoms with Crippen molar-refractivity contribution in [3.8, 4) is 22.9 Å². The summed E-state index contributed by atoms with van der Waals surface area (Å²) in [5, 5.41) is 0. The summed E-state index contributed by atoms with van der Waals surface area (Å²) >= 11 is 0. The molecule has 2 N–H and O–H groups in total. The maximum absolute atomic E-state index is 14.7. The number of nitrogens with two attached hydrogens (primary N) is 1. The van der Waals surface area contributed by atoms with E-state index in [0.717, 1.165) is 27.8 Å². The Hall–Kier alpha value is -4.26. The molecule has 1 aliphatic rings. The van der Waals surface area contributed by atoms with E-state index in [1.54, 1.807) is 37.7 Å². The molecular formula is C28H27FN4O2. The highest BCUT2D eigenvalue weighted by Crippen LogP contribution is 2.41. The minimum Gasteiger partial charge on any atom is -0.494 e. The second kappa shape index (κ2) is 9.93. The molecule has 2 heterocycles. The molecule has 1 aromatic heterocycles. The van der Waals surface area contributed by atoms with Gasteiger partial charge in [0.25, 0.3) is 0 Å². The first-order chi connectivity index (χ1) is 16.9. The van der Waals surface area contributed by atoms with Crippen LogP contribution in [0.4, 0.5) is 4.39 Å². The Morgan fingerprint density at radius 1 is 0.857 bits per heavy atom. The smallest absolute Gasteiger partial charge is 0.316 e. The first-order valence-electron chi connectivity index (χ1n) is 11.1. The molecule has 0 amide bonds. The lowest BCUT2D eigenvalue weighted by atomic mass is 9.83. The third kappa shape index (κ3) is 4.71. The molecule has 0 radical (unpaired) electrons. The zero-order valence-corrected chi connectivity index (χ0v) is 20.1. The van der Waals surface area contributed by atoms with Crippen molar-refractivity contribution in [3.05, 3.63) is 107 Å². The van der Waals surface area contributed by atoms with Gasteiger partial charge in [0.05, 0.1) is 14.2 Å². The number of aryl methyl sites for hydroxylation is 1. The lowest BCUT2D eigenvalue weighted by Crippen LogP contribution is -2.18. The minimum atomic E-state index is -0.591. The van der Waals surface area contributed by atoms with Crippen LogP contribution in [0.2, 0.25) is 0 Å². The lowest BCUT2D eigenvalue weighted by Gasteiger charge is -2.24. The van der Waals surface area contributed by atoms with Gasteiger partial charge in [0.1, 0.15) is 11.4 Å². The molecule has 3 aromatic carbocycles. The largest absolute Gasteiger partial charge is 0.494 e. The van der Waals surface area contributed by atoms with Gasteiger partial charge in [-0.1, -0.05) is 54.6 Å². The second-order valence-corrected chi connectivity index (χ2v) is 8.26. The van der Waals surface area contributed by atoms with Crippen LogP contribution in [-0.4, -0.2) is 30.0 Å². The van der Waals surface area contributed by atoms with Crippen LogP contribution in [0.15, 0.2) is 84.1 Å². The van der Waals surface area contributed by atoms with Gasteiger partial charge >= 0.3 is 6.01 Å². The predicted octanol–water partition coefficient (Wildman–Crippen LogP) is 5.28. The van der Waals surface area contributed by atoms with Gasteiger partial charge in [-0.05, 0) is 48.2 Å². The van der Waals surface area contributed by atoms with E-state index in [2.05, 4.69) is 9.97 Å². The Bertz CT molecular complexity index is 1370. The summed E-state index contributed by atoms with van der Waals surface area (Å²) in [5.74, 6) is 0.390. The summed E-state index contributed by atoms with van der Waals surface area (Å²) in [7, 11) is 3.01. The van der Waals surface area contributed by atoms with Crippen molar-refractivity contribution in [2.45, 2.75) is 19.4 Å². The van der Waals surface area contributed by atoms with Crippen LogP contribution < -0.4 is 15.2 Å². The molecule has 178 valence electrons. The zero-order chi connectivity index (χ0) is 25.0. The Labute approximate surface area is 204 Å². The molecule has 0 bridgehead atoms. The monoisotopic (exact) mass is 470 g/mol. The van der Waals surface area contributed by atoms with Crippen molar-refractivity contribution in [1.82, 2.24) is 9.97 Å². The molecule has 0 spiro atoms. The van der Waals surface area contributed by atoms with E-state index in [-0.39, 0.29) is 11.6 Å². The van der Waals surface area contributed by atoms with Crippen LogP contribution in [0.1, 0.15) is 29.2 Å². The predicted molar refractivity (Wildman–Crippen MR) is 135 cm³/mol. The molecule has 0 saturated carbocycles. The number of aliphatic imine (C=N–C) groups is 1. The highest BCUT2D eigenvalue weighted by molar-refractivity contribution is 6.02. The van der Waals surface area contributed by atoms with Gasteiger partial charge < -0.3 is 15.2 Å². The van der Waals surface area contributed by atoms with E-state index < -0.39 is 5.54 Å². The second-order valence-electron chi connectivity index (χ2n) is 8.26. The standard InChI is InChI=1S/C22H19FN2O.C6H8N2O/c1-22(18-11-4-3-9-17(18)21(24)25-22)15-8-5-7-14(13-15)16-10-6-12-19(26-2)20(16)23;1-5-3-7-6(9-2)8-4-5/h3-13H,1-2H3,(H2,24,25);3-4H,1-2H3. The number of fused-ring (bicyclic) bond motifs is 1. The molecule has 7 heteroatoms. The fourth-order valence-electron chi connectivity index (χ4n) is 4.08. The molecule has 6 nitrogen and oxygen atoms in total. The third-order valence-corrected chi connectivity index (χ3v) is 5.93. The molecule has 0 fully saturated rings. The number of halogens is 1. The summed E-state index contributed by atoms with van der Waals surface area (Å²) in [6.07, 6.45) is 3.43. The quantitative estimate of drug-likeness (QED) is 0.439. The Morgan fingerprint density at radius 2 is 1.54 bits per heavy atom. The average Bonchev–Trinajstić information content (AvgIpc) is 3.16. The summed E-state index contributed by atoms with van der Waals surface area (Å²) in [4.78, 5) is 12.5. The van der Waals surface area contributed by atoms with E-state index in [0.29, 0.717) is 17.4 Å². The molecule has 1 aliphatic heterocycles. The van der Waals surface area contributed by atoms with Crippen LogP contribution in [0.5, 0.6) is 11.8 Å². The lowest BCUT2D eigenvalue weighted by molar-refractivity contribution is 0.379. The van der Waals surface area contributed by atoms with E-state index in [4.69, 9.17) is 20.2 Å². The van der Waals surface area contributed by atoms with Gasteiger partial charge in [-0.3, -0.25) is 4.99 Å². The van der Waals surface area contributed by atoms with Gasteiger partial charge in [-0.25, -0.2) is 14.4 Å². The maximum Gasteiger partial charge on any atom is 0.316 e. The van der Waals surface area contributed by atoms with Crippen molar-refractivity contribution >= 4 is 5.84 Å². The SMILES string of the molecule is COc1cccc(-c2cccc(C3(C)N=C(N)c4ccccc43)c2)c1F.COc1ncc(C)cn1. The number of methoxy groups -OCH3 is 2. The third-order valence-electron chi connectivity index (χ3n) is 5.93. The van der Waals surface area contributed by atoms with Gasteiger partial charge in [0.2, 0.25) is 0 Å². The Morgan fingerprint density at radius 3 is 2.26 bits per heavy atom. The molecule has 1 unspecified atom stereocenters. The Balaban J connectivity index is 0.000000271. The van der Waals surface area contributed by atoms with Crippen LogP contribution in [0.25, 0.3) is 11.1 Å². The summed E-state index contributed by atoms with van der Waals surface area (Å²) in [6.45, 7) is 3.96. The molecule has 35 heavy (non-hydrogen) atoms. The number of hydrogen-bond donors (Lipinski definition) is 1. The van der Waals surface area contributed by atoms with Crippen molar-refractivity contribution in [2.75, 3.05) is 14.2 Å². The first kappa shape index (κ1) is 23.9. The van der Waals surface area contributed by atoms with Crippen molar-refractivity contribution < 1.29 is 13.9 Å². The van der Waals surface area contributed by atoms with Crippen molar-refractivity contribution in [2.24, 2.45) is 10.7 Å². The van der Waals surface area contributed by atoms with Gasteiger partial charge in [-0.15, -0.1) is 0 Å². The van der Waals surface area contributed by atoms with E-state index in [1.807, 2.05) is 62.4 Å². The topological polar surface area (TPSA) is 82.6 Å². The van der Waals surface area contributed by atoms with Crippen LogP contribution >= 0.6 is 0 Å². The average molecular weight is 471 g/mol. The van der Waals surface area contributed by atoms with Crippen molar-refractivity contribution in [1.29, 1.82) is 0 Å². The first-order valence-corrected chi connectivity index (χ1v) is 11.1. The summed E-state index contributed by atoms with van der Waals surface area (Å²) < 4.78 is 24.5. The highest BCUT2D eigenvalue weighted by atomic mass is 19.1. The number of hydrogen-bond acceptors (Lipinski definition) is 6.